The van der Waals surface area contributed by atoms with Crippen molar-refractivity contribution in [2.24, 2.45) is 5.92 Å². The molecule has 2 N–H and O–H groups in total. The number of anilines is 2. The van der Waals surface area contributed by atoms with Gasteiger partial charge in [0.1, 0.15) is 0 Å². The van der Waals surface area contributed by atoms with Gasteiger partial charge in [-0.05, 0) is 47.2 Å². The number of nitrogens with zero attached hydrogens (tertiary/aromatic N) is 1. The van der Waals surface area contributed by atoms with Gasteiger partial charge in [0.15, 0.2) is 5.78 Å². The Labute approximate surface area is 151 Å². The van der Waals surface area contributed by atoms with Crippen molar-refractivity contribution in [1.82, 2.24) is 5.32 Å². The summed E-state index contributed by atoms with van der Waals surface area (Å²) < 4.78 is 0. The zero-order valence-corrected chi connectivity index (χ0v) is 14.5. The second kappa shape index (κ2) is 5.46. The van der Waals surface area contributed by atoms with Crippen LogP contribution in [0.25, 0.3) is 11.1 Å². The van der Waals surface area contributed by atoms with E-state index in [0.29, 0.717) is 17.2 Å². The number of rotatable bonds is 2. The van der Waals surface area contributed by atoms with E-state index < -0.39 is 0 Å². The molecular formula is C21H19N3O2. The van der Waals surface area contributed by atoms with Crippen LogP contribution in [0, 0.1) is 5.92 Å². The number of nitrogens with one attached hydrogen (secondary N) is 2. The highest BCUT2D eigenvalue weighted by Crippen LogP contribution is 2.40. The summed E-state index contributed by atoms with van der Waals surface area (Å²) in [5, 5.41) is 6.05. The number of amides is 1. The number of ketones is 1. The first-order valence-electron chi connectivity index (χ1n) is 8.88. The van der Waals surface area contributed by atoms with E-state index in [2.05, 4.69) is 27.8 Å². The molecule has 1 fully saturated rings. The number of benzene rings is 2. The molecule has 0 radical (unpaired) electrons. The zero-order chi connectivity index (χ0) is 17.8. The van der Waals surface area contributed by atoms with Crippen molar-refractivity contribution >= 4 is 23.1 Å². The van der Waals surface area contributed by atoms with Crippen molar-refractivity contribution in [2.75, 3.05) is 29.9 Å². The lowest BCUT2D eigenvalue weighted by atomic mass is 10.0. The fourth-order valence-electron chi connectivity index (χ4n) is 4.23. The highest BCUT2D eigenvalue weighted by atomic mass is 16.1. The SMILES string of the molecule is CC(=O)Nc1ccc2c(c1)C(=O)c1cc(N3CC4=CNCC4C3)ccc1-2. The van der Waals surface area contributed by atoms with Crippen LogP contribution in [0.5, 0.6) is 0 Å². The molecule has 5 heteroatoms. The van der Waals surface area contributed by atoms with Crippen molar-refractivity contribution in [1.29, 1.82) is 0 Å². The molecule has 5 nitrogen and oxygen atoms in total. The van der Waals surface area contributed by atoms with Crippen LogP contribution in [-0.4, -0.2) is 31.3 Å². The van der Waals surface area contributed by atoms with Crippen molar-refractivity contribution in [3.8, 4) is 11.1 Å². The maximum absolute atomic E-state index is 12.9. The summed E-state index contributed by atoms with van der Waals surface area (Å²) in [6, 6.07) is 11.7. The van der Waals surface area contributed by atoms with Gasteiger partial charge in [0.25, 0.3) is 0 Å². The minimum absolute atomic E-state index is 0.0318. The third-order valence-electron chi connectivity index (χ3n) is 5.48. The molecule has 1 saturated heterocycles. The standard InChI is InChI=1S/C21H19N3O2/c1-12(25)23-15-2-4-17-18-5-3-16(7-20(18)21(26)19(17)6-15)24-10-13-8-22-9-14(13)11-24/h2-8,14,22H,9-11H2,1H3,(H,23,25). The summed E-state index contributed by atoms with van der Waals surface area (Å²) in [4.78, 5) is 26.6. The smallest absolute Gasteiger partial charge is 0.221 e. The van der Waals surface area contributed by atoms with E-state index in [4.69, 9.17) is 0 Å². The number of carbonyl (C=O) groups excluding carboxylic acids is 2. The van der Waals surface area contributed by atoms with Gasteiger partial charge in [-0.3, -0.25) is 9.59 Å². The fraction of sp³-hybridized carbons (Fsp3) is 0.238. The summed E-state index contributed by atoms with van der Waals surface area (Å²) in [5.41, 5.74) is 6.53. The molecule has 1 unspecified atom stereocenters. The van der Waals surface area contributed by atoms with E-state index >= 15 is 0 Å². The van der Waals surface area contributed by atoms with Gasteiger partial charge in [0.05, 0.1) is 0 Å². The molecule has 1 aliphatic carbocycles. The van der Waals surface area contributed by atoms with Gasteiger partial charge in [-0.1, -0.05) is 12.1 Å². The van der Waals surface area contributed by atoms with E-state index in [1.807, 2.05) is 24.3 Å². The summed E-state index contributed by atoms with van der Waals surface area (Å²) in [7, 11) is 0. The van der Waals surface area contributed by atoms with Gasteiger partial charge in [0, 0.05) is 55.0 Å². The Hall–Kier alpha value is -3.08. The number of fused-ring (bicyclic) bond motifs is 4. The van der Waals surface area contributed by atoms with Gasteiger partial charge in [-0.15, -0.1) is 0 Å². The van der Waals surface area contributed by atoms with Crippen molar-refractivity contribution in [3.05, 3.63) is 59.3 Å². The minimum Gasteiger partial charge on any atom is -0.390 e. The van der Waals surface area contributed by atoms with E-state index in [9.17, 15) is 9.59 Å². The topological polar surface area (TPSA) is 61.4 Å². The second-order valence-electron chi connectivity index (χ2n) is 7.21. The molecular weight excluding hydrogens is 326 g/mol. The zero-order valence-electron chi connectivity index (χ0n) is 14.5. The highest BCUT2D eigenvalue weighted by molar-refractivity contribution is 6.22. The first-order chi connectivity index (χ1) is 12.6. The third kappa shape index (κ3) is 2.24. The van der Waals surface area contributed by atoms with Crippen LogP contribution < -0.4 is 15.5 Å². The van der Waals surface area contributed by atoms with E-state index in [1.165, 1.54) is 12.5 Å². The Morgan fingerprint density at radius 3 is 2.65 bits per heavy atom. The molecule has 0 spiro atoms. The van der Waals surface area contributed by atoms with E-state index in [-0.39, 0.29) is 11.7 Å². The molecule has 5 rings (SSSR count). The van der Waals surface area contributed by atoms with Crippen LogP contribution in [-0.2, 0) is 4.79 Å². The predicted octanol–water partition coefficient (Wildman–Crippen LogP) is 2.78. The van der Waals surface area contributed by atoms with Crippen LogP contribution in [0.1, 0.15) is 22.8 Å². The maximum Gasteiger partial charge on any atom is 0.221 e. The second-order valence-corrected chi connectivity index (χ2v) is 7.21. The highest BCUT2D eigenvalue weighted by Gasteiger charge is 2.32. The van der Waals surface area contributed by atoms with Crippen molar-refractivity contribution < 1.29 is 9.59 Å². The lowest BCUT2D eigenvalue weighted by Crippen LogP contribution is -2.23. The Morgan fingerprint density at radius 1 is 1.12 bits per heavy atom. The normalized spacial score (nSPS) is 19.6. The van der Waals surface area contributed by atoms with Crippen molar-refractivity contribution in [2.45, 2.75) is 6.92 Å². The molecule has 26 heavy (non-hydrogen) atoms. The number of hydrogen-bond acceptors (Lipinski definition) is 4. The minimum atomic E-state index is -0.140. The largest absolute Gasteiger partial charge is 0.390 e. The lowest BCUT2D eigenvalue weighted by molar-refractivity contribution is -0.114. The average molecular weight is 345 g/mol. The van der Waals surface area contributed by atoms with Crippen LogP contribution in [0.3, 0.4) is 0 Å². The third-order valence-corrected chi connectivity index (χ3v) is 5.48. The van der Waals surface area contributed by atoms with Crippen LogP contribution in [0.4, 0.5) is 11.4 Å². The van der Waals surface area contributed by atoms with Gasteiger partial charge >= 0.3 is 0 Å². The molecule has 1 atom stereocenters. The van der Waals surface area contributed by atoms with Gasteiger partial charge in [-0.25, -0.2) is 0 Å². The molecule has 3 aliphatic rings. The van der Waals surface area contributed by atoms with Crippen molar-refractivity contribution in [3.63, 3.8) is 0 Å². The monoisotopic (exact) mass is 345 g/mol. The molecule has 0 aromatic heterocycles. The fourth-order valence-corrected chi connectivity index (χ4v) is 4.23. The first-order valence-corrected chi connectivity index (χ1v) is 8.88. The number of hydrogen-bond donors (Lipinski definition) is 2. The van der Waals surface area contributed by atoms with E-state index in [1.54, 1.807) is 6.07 Å². The Bertz CT molecular complexity index is 993. The molecule has 1 amide bonds. The summed E-state index contributed by atoms with van der Waals surface area (Å²) in [6.07, 6.45) is 2.13. The van der Waals surface area contributed by atoms with Gasteiger partial charge in [0.2, 0.25) is 5.91 Å². The van der Waals surface area contributed by atoms with Crippen LogP contribution >= 0.6 is 0 Å². The Morgan fingerprint density at radius 2 is 1.88 bits per heavy atom. The summed E-state index contributed by atoms with van der Waals surface area (Å²) >= 11 is 0. The molecule has 2 aromatic rings. The van der Waals surface area contributed by atoms with Gasteiger partial charge < -0.3 is 15.5 Å². The molecule has 130 valence electrons. The van der Waals surface area contributed by atoms with Crippen LogP contribution in [0.2, 0.25) is 0 Å². The molecule has 0 saturated carbocycles. The Balaban J connectivity index is 1.49. The van der Waals surface area contributed by atoms with Gasteiger partial charge in [-0.2, -0.15) is 0 Å². The van der Waals surface area contributed by atoms with E-state index in [0.717, 1.165) is 42.0 Å². The summed E-state index contributed by atoms with van der Waals surface area (Å²) in [6.45, 7) is 4.38. The molecule has 0 bridgehead atoms. The quantitative estimate of drug-likeness (QED) is 0.750. The average Bonchev–Trinajstić information content (AvgIpc) is 3.28. The first kappa shape index (κ1) is 15.2. The lowest BCUT2D eigenvalue weighted by Gasteiger charge is -2.19. The summed E-state index contributed by atoms with van der Waals surface area (Å²) in [5.74, 6) is 0.472. The predicted molar refractivity (Wildman–Crippen MR) is 101 cm³/mol. The maximum atomic E-state index is 12.9. The Kier molecular flexibility index (Phi) is 3.19. The molecule has 2 heterocycles. The molecule has 2 aromatic carbocycles. The number of carbonyl (C=O) groups is 2. The molecule has 2 aliphatic heterocycles. The van der Waals surface area contributed by atoms with Crippen LogP contribution in [0.15, 0.2) is 48.2 Å².